The van der Waals surface area contributed by atoms with E-state index >= 15 is 0 Å². The highest BCUT2D eigenvalue weighted by atomic mass is 32.2. The van der Waals surface area contributed by atoms with E-state index in [0.717, 1.165) is 43.8 Å². The number of aromatic amines is 1. The lowest BCUT2D eigenvalue weighted by molar-refractivity contribution is -0.387. The number of H-pyrrole nitrogens is 1. The van der Waals surface area contributed by atoms with E-state index in [4.69, 9.17) is 0 Å². The van der Waals surface area contributed by atoms with Gasteiger partial charge in [0.15, 0.2) is 10.7 Å². The van der Waals surface area contributed by atoms with Crippen molar-refractivity contribution >= 4 is 27.5 Å². The first-order valence-corrected chi connectivity index (χ1v) is 9.62. The molecule has 146 valence electrons. The van der Waals surface area contributed by atoms with Gasteiger partial charge in [0.25, 0.3) is 15.7 Å². The molecule has 0 aliphatic carbocycles. The fourth-order valence-electron chi connectivity index (χ4n) is 2.55. The van der Waals surface area contributed by atoms with Gasteiger partial charge in [-0.1, -0.05) is 20.3 Å². The average Bonchev–Trinajstić information content (AvgIpc) is 3.08. The number of sulfonamides is 1. The molecule has 1 aromatic carbocycles. The summed E-state index contributed by atoms with van der Waals surface area (Å²) in [5.74, 6) is -0.620. The van der Waals surface area contributed by atoms with E-state index in [9.17, 15) is 23.3 Å². The predicted octanol–water partition coefficient (Wildman–Crippen LogP) is 2.81. The zero-order valence-electron chi connectivity index (χ0n) is 15.1. The Morgan fingerprint density at radius 1 is 1.41 bits per heavy atom. The Labute approximate surface area is 156 Å². The second-order valence-corrected chi connectivity index (χ2v) is 7.59. The predicted molar refractivity (Wildman–Crippen MR) is 97.2 cm³/mol. The Morgan fingerprint density at radius 2 is 2.11 bits per heavy atom. The topological polar surface area (TPSA) is 144 Å². The lowest BCUT2D eigenvalue weighted by Gasteiger charge is -2.07. The fourth-order valence-corrected chi connectivity index (χ4v) is 3.70. The second kappa shape index (κ2) is 8.16. The number of nitrogens with one attached hydrogen (secondary N) is 2. The third-order valence-corrected chi connectivity index (χ3v) is 5.36. The van der Waals surface area contributed by atoms with Crippen molar-refractivity contribution in [3.8, 4) is 0 Å². The molecular formula is C16H20N4O6S. The second-order valence-electron chi connectivity index (χ2n) is 5.93. The molecule has 0 bridgehead atoms. The van der Waals surface area contributed by atoms with Crippen LogP contribution in [0.4, 0.5) is 11.5 Å². The highest BCUT2D eigenvalue weighted by Crippen LogP contribution is 2.28. The van der Waals surface area contributed by atoms with E-state index in [1.165, 1.54) is 0 Å². The summed E-state index contributed by atoms with van der Waals surface area (Å²) in [6.07, 6.45) is 1.86. The number of anilines is 1. The summed E-state index contributed by atoms with van der Waals surface area (Å²) < 4.78 is 31.9. The molecule has 2 N–H and O–H groups in total. The average molecular weight is 396 g/mol. The molecule has 0 aliphatic heterocycles. The molecular weight excluding hydrogens is 376 g/mol. The third-order valence-electron chi connectivity index (χ3n) is 3.96. The number of carbonyl (C=O) groups excluding carboxylic acids is 1. The number of ether oxygens (including phenoxy) is 1. The zero-order valence-corrected chi connectivity index (χ0v) is 15.9. The van der Waals surface area contributed by atoms with Crippen LogP contribution >= 0.6 is 0 Å². The first kappa shape index (κ1) is 20.4. The summed E-state index contributed by atoms with van der Waals surface area (Å²) in [5, 5.41) is 18.0. The minimum absolute atomic E-state index is 0.0271. The van der Waals surface area contributed by atoms with Crippen molar-refractivity contribution in [2.24, 2.45) is 0 Å². The van der Waals surface area contributed by atoms with Crippen molar-refractivity contribution in [3.05, 3.63) is 45.6 Å². The highest BCUT2D eigenvalue weighted by Gasteiger charge is 2.28. The summed E-state index contributed by atoms with van der Waals surface area (Å²) in [6, 6.07) is 4.54. The molecule has 0 amide bonds. The number of nitro benzene ring substituents is 1. The van der Waals surface area contributed by atoms with Crippen molar-refractivity contribution in [2.75, 3.05) is 11.8 Å². The van der Waals surface area contributed by atoms with E-state index in [0.29, 0.717) is 0 Å². The molecule has 1 aromatic heterocycles. The minimum atomic E-state index is -4.29. The van der Waals surface area contributed by atoms with Crippen LogP contribution in [0.1, 0.15) is 48.7 Å². The highest BCUT2D eigenvalue weighted by molar-refractivity contribution is 7.92. The lowest BCUT2D eigenvalue weighted by atomic mass is 10.0. The van der Waals surface area contributed by atoms with Gasteiger partial charge < -0.3 is 4.74 Å². The number of carbonyl (C=O) groups is 1. The number of methoxy groups -OCH3 is 1. The number of nitro groups is 1. The van der Waals surface area contributed by atoms with Crippen LogP contribution in [0.15, 0.2) is 29.2 Å². The normalized spacial score (nSPS) is 12.4. The Kier molecular flexibility index (Phi) is 6.16. The van der Waals surface area contributed by atoms with E-state index in [1.807, 2.05) is 13.8 Å². The molecule has 2 rings (SSSR count). The number of nitrogens with zero attached hydrogens (tertiary/aromatic N) is 2. The largest absolute Gasteiger partial charge is 0.465 e. The fraction of sp³-hybridized carbons (Fsp3) is 0.375. The standard InChI is InChI=1S/C16H20N4O6S/c1-4-5-10(2)12-9-15(18-17-12)19-27(24,25)14-7-6-11(16(21)26-3)8-13(14)20(22)23/h6-10H,4-5H2,1-3H3,(H2,17,18,19). The molecule has 10 nitrogen and oxygen atoms in total. The first-order chi connectivity index (χ1) is 12.7. The van der Waals surface area contributed by atoms with Crippen LogP contribution in [0.25, 0.3) is 0 Å². The number of esters is 1. The number of aromatic nitrogens is 2. The van der Waals surface area contributed by atoms with Gasteiger partial charge in [0, 0.05) is 17.8 Å². The zero-order chi connectivity index (χ0) is 20.2. The van der Waals surface area contributed by atoms with Crippen LogP contribution in [0.3, 0.4) is 0 Å². The Morgan fingerprint density at radius 3 is 2.70 bits per heavy atom. The van der Waals surface area contributed by atoms with Crippen molar-refractivity contribution in [1.82, 2.24) is 10.2 Å². The summed E-state index contributed by atoms with van der Waals surface area (Å²) in [4.78, 5) is 21.4. The monoisotopic (exact) mass is 396 g/mol. The molecule has 0 radical (unpaired) electrons. The Bertz CT molecular complexity index is 954. The molecule has 0 saturated heterocycles. The lowest BCUT2D eigenvalue weighted by Crippen LogP contribution is -2.15. The van der Waals surface area contributed by atoms with E-state index in [-0.39, 0.29) is 17.3 Å². The van der Waals surface area contributed by atoms with E-state index < -0.39 is 31.5 Å². The Hall–Kier alpha value is -2.95. The molecule has 27 heavy (non-hydrogen) atoms. The van der Waals surface area contributed by atoms with E-state index in [2.05, 4.69) is 19.7 Å². The van der Waals surface area contributed by atoms with Crippen LogP contribution in [0.2, 0.25) is 0 Å². The molecule has 0 aliphatic rings. The van der Waals surface area contributed by atoms with Crippen LogP contribution < -0.4 is 4.72 Å². The maximum Gasteiger partial charge on any atom is 0.338 e. The van der Waals surface area contributed by atoms with Gasteiger partial charge in [-0.05, 0) is 24.5 Å². The molecule has 2 aromatic rings. The summed E-state index contributed by atoms with van der Waals surface area (Å²) in [5.41, 5.74) is -0.107. The molecule has 0 fully saturated rings. The molecule has 1 atom stereocenters. The van der Waals surface area contributed by atoms with Gasteiger partial charge in [-0.25, -0.2) is 13.2 Å². The van der Waals surface area contributed by atoms with Crippen molar-refractivity contribution in [3.63, 3.8) is 0 Å². The quantitative estimate of drug-likeness (QED) is 0.396. The van der Waals surface area contributed by atoms with Crippen LogP contribution in [-0.4, -0.2) is 36.6 Å². The van der Waals surface area contributed by atoms with Gasteiger partial charge in [0.2, 0.25) is 0 Å². The van der Waals surface area contributed by atoms with Crippen LogP contribution in [0.5, 0.6) is 0 Å². The molecule has 1 unspecified atom stereocenters. The Balaban J connectivity index is 2.36. The number of benzene rings is 1. The summed E-state index contributed by atoms with van der Waals surface area (Å²) in [6.45, 7) is 4.01. The van der Waals surface area contributed by atoms with Crippen molar-refractivity contribution < 1.29 is 22.9 Å². The maximum absolute atomic E-state index is 12.6. The van der Waals surface area contributed by atoms with Gasteiger partial charge in [-0.3, -0.25) is 19.9 Å². The van der Waals surface area contributed by atoms with Crippen molar-refractivity contribution in [1.29, 1.82) is 0 Å². The number of hydrogen-bond acceptors (Lipinski definition) is 7. The van der Waals surface area contributed by atoms with Gasteiger partial charge in [0.05, 0.1) is 17.6 Å². The van der Waals surface area contributed by atoms with Gasteiger partial charge in [0.1, 0.15) is 0 Å². The summed E-state index contributed by atoms with van der Waals surface area (Å²) >= 11 is 0. The molecule has 0 spiro atoms. The number of hydrogen-bond donors (Lipinski definition) is 2. The van der Waals surface area contributed by atoms with Gasteiger partial charge in [-0.2, -0.15) is 5.10 Å². The van der Waals surface area contributed by atoms with Crippen LogP contribution in [0, 0.1) is 10.1 Å². The number of rotatable bonds is 8. The maximum atomic E-state index is 12.6. The third kappa shape index (κ3) is 4.61. The molecule has 1 heterocycles. The molecule has 0 saturated carbocycles. The van der Waals surface area contributed by atoms with Crippen LogP contribution in [-0.2, 0) is 14.8 Å². The van der Waals surface area contributed by atoms with E-state index in [1.54, 1.807) is 6.07 Å². The van der Waals surface area contributed by atoms with Crippen molar-refractivity contribution in [2.45, 2.75) is 37.5 Å². The van der Waals surface area contributed by atoms with Gasteiger partial charge >= 0.3 is 5.97 Å². The first-order valence-electron chi connectivity index (χ1n) is 8.14. The van der Waals surface area contributed by atoms with Gasteiger partial charge in [-0.15, -0.1) is 0 Å². The minimum Gasteiger partial charge on any atom is -0.465 e. The summed E-state index contributed by atoms with van der Waals surface area (Å²) in [7, 11) is -3.17. The molecule has 11 heteroatoms. The SMILES string of the molecule is CCCC(C)c1cc(NS(=O)(=O)c2ccc(C(=O)OC)cc2[N+](=O)[O-])n[nH]1. The smallest absolute Gasteiger partial charge is 0.338 e.